The average molecular weight is 314 g/mol. The van der Waals surface area contributed by atoms with Gasteiger partial charge in [-0.1, -0.05) is 0 Å². The minimum Gasteiger partial charge on any atom is -0.372 e. The first-order valence-electron chi connectivity index (χ1n) is 5.07. The van der Waals surface area contributed by atoms with Crippen molar-refractivity contribution in [2.24, 2.45) is 0 Å². The lowest BCUT2D eigenvalue weighted by Crippen LogP contribution is -2.20. The van der Waals surface area contributed by atoms with Gasteiger partial charge in [-0.2, -0.15) is 0 Å². The smallest absolute Gasteiger partial charge is 0.261 e. The number of halogens is 3. The number of nitrogens with one attached hydrogen (secondary N) is 1. The van der Waals surface area contributed by atoms with Crippen molar-refractivity contribution in [1.82, 2.24) is 0 Å². The molecule has 0 radical (unpaired) electrons. The van der Waals surface area contributed by atoms with E-state index in [1.165, 1.54) is 0 Å². The number of amides is 1. The second kappa shape index (κ2) is 6.27. The standard InChI is InChI=1S/C10H10ClF2NO4S/c1-2-18-5-9(15)14-10-7(12)3-6(4-8(10)13)19(11,16)17/h3-4H,2,5H2,1H3,(H,14,15). The van der Waals surface area contributed by atoms with Gasteiger partial charge in [0.2, 0.25) is 0 Å². The number of rotatable bonds is 5. The molecule has 106 valence electrons. The zero-order chi connectivity index (χ0) is 14.6. The molecule has 19 heavy (non-hydrogen) atoms. The fourth-order valence-electron chi connectivity index (χ4n) is 1.18. The Balaban J connectivity index is 3.01. The van der Waals surface area contributed by atoms with Crippen molar-refractivity contribution in [2.45, 2.75) is 11.8 Å². The van der Waals surface area contributed by atoms with Crippen LogP contribution in [0.25, 0.3) is 0 Å². The molecule has 1 amide bonds. The first-order chi connectivity index (χ1) is 8.75. The van der Waals surface area contributed by atoms with E-state index in [1.807, 2.05) is 5.32 Å². The molecule has 0 saturated carbocycles. The Morgan fingerprint density at radius 2 is 1.89 bits per heavy atom. The summed E-state index contributed by atoms with van der Waals surface area (Å²) >= 11 is 0. The maximum Gasteiger partial charge on any atom is 0.261 e. The molecule has 1 aromatic carbocycles. The van der Waals surface area contributed by atoms with Crippen molar-refractivity contribution in [3.63, 3.8) is 0 Å². The van der Waals surface area contributed by atoms with Gasteiger partial charge in [0, 0.05) is 17.3 Å². The Labute approximate surface area is 112 Å². The molecule has 0 unspecified atom stereocenters. The van der Waals surface area contributed by atoms with Gasteiger partial charge in [0.05, 0.1) is 4.90 Å². The second-order valence-corrected chi connectivity index (χ2v) is 5.95. The highest BCUT2D eigenvalue weighted by atomic mass is 35.7. The van der Waals surface area contributed by atoms with Gasteiger partial charge in [0.15, 0.2) is 11.6 Å². The van der Waals surface area contributed by atoms with Crippen molar-refractivity contribution in [3.05, 3.63) is 23.8 Å². The van der Waals surface area contributed by atoms with E-state index < -0.39 is 37.2 Å². The summed E-state index contributed by atoms with van der Waals surface area (Å²) in [5, 5.41) is 1.94. The van der Waals surface area contributed by atoms with E-state index in [0.29, 0.717) is 12.1 Å². The van der Waals surface area contributed by atoms with Crippen molar-refractivity contribution in [1.29, 1.82) is 0 Å². The zero-order valence-electron chi connectivity index (χ0n) is 9.74. The van der Waals surface area contributed by atoms with Crippen molar-refractivity contribution in [3.8, 4) is 0 Å². The van der Waals surface area contributed by atoms with Gasteiger partial charge in [0.1, 0.15) is 12.3 Å². The first kappa shape index (κ1) is 15.8. The number of carbonyl (C=O) groups is 1. The number of carbonyl (C=O) groups excluding carboxylic acids is 1. The van der Waals surface area contributed by atoms with Crippen LogP contribution in [-0.4, -0.2) is 27.5 Å². The van der Waals surface area contributed by atoms with Crippen LogP contribution in [0.15, 0.2) is 17.0 Å². The molecular weight excluding hydrogens is 304 g/mol. The summed E-state index contributed by atoms with van der Waals surface area (Å²) in [5.41, 5.74) is -0.756. The fourth-order valence-corrected chi connectivity index (χ4v) is 1.94. The van der Waals surface area contributed by atoms with Gasteiger partial charge in [-0.25, -0.2) is 17.2 Å². The summed E-state index contributed by atoms with van der Waals surface area (Å²) < 4.78 is 53.6. The SMILES string of the molecule is CCOCC(=O)Nc1c(F)cc(S(=O)(=O)Cl)cc1F. The molecule has 0 fully saturated rings. The van der Waals surface area contributed by atoms with E-state index in [0.717, 1.165) is 0 Å². The summed E-state index contributed by atoms with van der Waals surface area (Å²) in [6.45, 7) is 1.54. The maximum atomic E-state index is 13.5. The molecule has 1 rings (SSSR count). The number of hydrogen-bond acceptors (Lipinski definition) is 4. The molecule has 0 saturated heterocycles. The zero-order valence-corrected chi connectivity index (χ0v) is 11.3. The third-order valence-electron chi connectivity index (χ3n) is 2.00. The predicted octanol–water partition coefficient (Wildman–Crippen LogP) is 1.87. The third kappa shape index (κ3) is 4.41. The molecule has 5 nitrogen and oxygen atoms in total. The number of ether oxygens (including phenoxy) is 1. The molecule has 1 N–H and O–H groups in total. The quantitative estimate of drug-likeness (QED) is 0.842. The topological polar surface area (TPSA) is 72.5 Å². The molecule has 0 aliphatic heterocycles. The Hall–Kier alpha value is -1.25. The molecule has 0 aliphatic carbocycles. The number of benzene rings is 1. The summed E-state index contributed by atoms with van der Waals surface area (Å²) in [5.74, 6) is -3.26. The van der Waals surface area contributed by atoms with E-state index >= 15 is 0 Å². The lowest BCUT2D eigenvalue weighted by molar-refractivity contribution is -0.120. The van der Waals surface area contributed by atoms with Crippen LogP contribution in [0.5, 0.6) is 0 Å². The summed E-state index contributed by atoms with van der Waals surface area (Å²) in [4.78, 5) is 10.5. The summed E-state index contributed by atoms with van der Waals surface area (Å²) in [7, 11) is 0.708. The van der Waals surface area contributed by atoms with Crippen LogP contribution < -0.4 is 5.32 Å². The number of anilines is 1. The molecule has 0 heterocycles. The van der Waals surface area contributed by atoms with E-state index in [2.05, 4.69) is 0 Å². The minimum absolute atomic E-state index is 0.266. The number of hydrogen-bond donors (Lipinski definition) is 1. The van der Waals surface area contributed by atoms with Crippen LogP contribution in [0, 0.1) is 11.6 Å². The normalized spacial score (nSPS) is 11.4. The Morgan fingerprint density at radius 1 is 1.37 bits per heavy atom. The largest absolute Gasteiger partial charge is 0.372 e. The third-order valence-corrected chi connectivity index (χ3v) is 3.33. The van der Waals surface area contributed by atoms with Gasteiger partial charge in [-0.3, -0.25) is 4.79 Å². The first-order valence-corrected chi connectivity index (χ1v) is 7.38. The van der Waals surface area contributed by atoms with Gasteiger partial charge in [0.25, 0.3) is 15.0 Å². The van der Waals surface area contributed by atoms with Crippen LogP contribution in [0.1, 0.15) is 6.92 Å². The highest BCUT2D eigenvalue weighted by Gasteiger charge is 2.19. The van der Waals surface area contributed by atoms with Crippen LogP contribution >= 0.6 is 10.7 Å². The average Bonchev–Trinajstić information content (AvgIpc) is 2.29. The predicted molar refractivity (Wildman–Crippen MR) is 64.5 cm³/mol. The molecule has 0 aromatic heterocycles. The van der Waals surface area contributed by atoms with Crippen LogP contribution in [0.3, 0.4) is 0 Å². The highest BCUT2D eigenvalue weighted by molar-refractivity contribution is 8.13. The fraction of sp³-hybridized carbons (Fsp3) is 0.300. The lowest BCUT2D eigenvalue weighted by Gasteiger charge is -2.08. The Morgan fingerprint density at radius 3 is 2.32 bits per heavy atom. The van der Waals surface area contributed by atoms with E-state index in [1.54, 1.807) is 6.92 Å². The summed E-state index contributed by atoms with van der Waals surface area (Å²) in [6, 6.07) is 1.03. The molecule has 0 aliphatic rings. The van der Waals surface area contributed by atoms with Crippen molar-refractivity contribution >= 4 is 31.3 Å². The highest BCUT2D eigenvalue weighted by Crippen LogP contribution is 2.25. The molecule has 9 heteroatoms. The minimum atomic E-state index is -4.25. The van der Waals surface area contributed by atoms with Crippen molar-refractivity contribution < 1.29 is 26.7 Å². The summed E-state index contributed by atoms with van der Waals surface area (Å²) in [6.07, 6.45) is 0. The van der Waals surface area contributed by atoms with Gasteiger partial charge in [-0.05, 0) is 19.1 Å². The monoisotopic (exact) mass is 313 g/mol. The van der Waals surface area contributed by atoms with Gasteiger partial charge < -0.3 is 10.1 Å². The van der Waals surface area contributed by atoms with Gasteiger partial charge in [-0.15, -0.1) is 0 Å². The molecule has 0 spiro atoms. The van der Waals surface area contributed by atoms with Gasteiger partial charge >= 0.3 is 0 Å². The van der Waals surface area contributed by atoms with E-state index in [4.69, 9.17) is 15.4 Å². The molecule has 1 aromatic rings. The maximum absolute atomic E-state index is 13.5. The molecule has 0 atom stereocenters. The van der Waals surface area contributed by atoms with Crippen LogP contribution in [0.2, 0.25) is 0 Å². The second-order valence-electron chi connectivity index (χ2n) is 3.39. The van der Waals surface area contributed by atoms with Crippen molar-refractivity contribution in [2.75, 3.05) is 18.5 Å². The molecular formula is C10H10ClF2NO4S. The van der Waals surface area contributed by atoms with Crippen LogP contribution in [-0.2, 0) is 18.6 Å². The molecule has 0 bridgehead atoms. The Kier molecular flexibility index (Phi) is 5.21. The van der Waals surface area contributed by atoms with Crippen LogP contribution in [0.4, 0.5) is 14.5 Å². The lowest BCUT2D eigenvalue weighted by atomic mass is 10.3. The van der Waals surface area contributed by atoms with E-state index in [9.17, 15) is 22.0 Å². The van der Waals surface area contributed by atoms with E-state index in [-0.39, 0.29) is 13.2 Å². The Bertz CT molecular complexity index is 568.